The summed E-state index contributed by atoms with van der Waals surface area (Å²) in [4.78, 5) is 15.4. The first kappa shape index (κ1) is 23.0. The van der Waals surface area contributed by atoms with Crippen molar-refractivity contribution >= 4 is 17.7 Å². The van der Waals surface area contributed by atoms with Crippen molar-refractivity contribution in [3.63, 3.8) is 0 Å². The van der Waals surface area contributed by atoms with E-state index in [1.807, 2.05) is 18.2 Å². The Bertz CT molecular complexity index is 1010. The minimum Gasteiger partial charge on any atom is -1.00 e. The number of carboxylic acid groups (broad SMARTS) is 1. The van der Waals surface area contributed by atoms with E-state index < -0.39 is 10.7 Å². The first-order valence-corrected chi connectivity index (χ1v) is 10.8. The number of aryl methyl sites for hydroxylation is 1. The molecule has 0 fully saturated rings. The zero-order valence-corrected chi connectivity index (χ0v) is 18.2. The number of imidazole rings is 1. The van der Waals surface area contributed by atoms with E-state index in [4.69, 9.17) is 0 Å². The molecule has 1 aromatic heterocycles. The van der Waals surface area contributed by atoms with Crippen LogP contribution >= 0.6 is 11.8 Å². The van der Waals surface area contributed by atoms with Crippen LogP contribution in [-0.4, -0.2) is 26.4 Å². The van der Waals surface area contributed by atoms with Gasteiger partial charge in [0, 0.05) is 24.7 Å². The molecule has 0 spiro atoms. The molecule has 3 aromatic carbocycles. The summed E-state index contributed by atoms with van der Waals surface area (Å²) >= 11 is 1.81. The fourth-order valence-corrected chi connectivity index (χ4v) is 5.26. The maximum atomic E-state index is 11.4. The molecule has 4 nitrogen and oxygen atoms in total. The molecule has 4 aromatic rings. The van der Waals surface area contributed by atoms with Crippen LogP contribution in [0.2, 0.25) is 0 Å². The van der Waals surface area contributed by atoms with Crippen LogP contribution in [0.1, 0.15) is 28.7 Å². The summed E-state index contributed by atoms with van der Waals surface area (Å²) in [6, 6.07) is 31.4. The summed E-state index contributed by atoms with van der Waals surface area (Å²) in [5.41, 5.74) is 3.57. The molecule has 0 amide bonds. The van der Waals surface area contributed by atoms with Crippen LogP contribution in [-0.2, 0) is 11.3 Å². The largest absolute Gasteiger partial charge is 1.00 e. The molecule has 0 aliphatic rings. The molecule has 0 radical (unpaired) electrons. The molecule has 1 N–H and O–H groups in total. The number of aromatic carboxylic acids is 1. The van der Waals surface area contributed by atoms with Gasteiger partial charge in [0.25, 0.3) is 0 Å². The average Bonchev–Trinajstić information content (AvgIpc) is 3.28. The van der Waals surface area contributed by atoms with E-state index in [0.717, 1.165) is 5.75 Å². The Morgan fingerprint density at radius 2 is 1.32 bits per heavy atom. The Labute approximate surface area is 200 Å². The summed E-state index contributed by atoms with van der Waals surface area (Å²) in [7, 11) is 0. The van der Waals surface area contributed by atoms with E-state index in [1.165, 1.54) is 22.9 Å². The standard InChI is InChI=1S/C25H22N2O2S.Li.H/c28-24(29)23-26-16-17-27(23)18-19-30-25(20-10-4-1-5-11-20,21-12-6-2-7-13-21)22-14-8-3-9-15-22;;/h1-17H,18-19H2,(H,28,29);;/q;+1;-1. The number of nitrogens with zero attached hydrogens (tertiary/aromatic N) is 2. The number of rotatable bonds is 8. The van der Waals surface area contributed by atoms with Gasteiger partial charge in [-0.3, -0.25) is 0 Å². The van der Waals surface area contributed by atoms with E-state index in [9.17, 15) is 9.90 Å². The van der Waals surface area contributed by atoms with Gasteiger partial charge in [-0.15, -0.1) is 11.8 Å². The second-order valence-corrected chi connectivity index (χ2v) is 8.19. The van der Waals surface area contributed by atoms with Crippen molar-refractivity contribution in [3.05, 3.63) is 126 Å². The third kappa shape index (κ3) is 4.80. The molecule has 0 aliphatic carbocycles. The molecule has 0 saturated carbocycles. The normalized spacial score (nSPS) is 11.0. The Hall–Kier alpha value is -2.71. The van der Waals surface area contributed by atoms with Crippen LogP contribution in [0.4, 0.5) is 0 Å². The number of carbonyl (C=O) groups is 1. The van der Waals surface area contributed by atoms with Crippen LogP contribution < -0.4 is 18.9 Å². The van der Waals surface area contributed by atoms with Crippen LogP contribution in [0.25, 0.3) is 0 Å². The van der Waals surface area contributed by atoms with Crippen molar-refractivity contribution < 1.29 is 30.2 Å². The summed E-state index contributed by atoms with van der Waals surface area (Å²) in [5.74, 6) is -0.222. The number of thioether (sulfide) groups is 1. The molecule has 0 atom stereocenters. The van der Waals surface area contributed by atoms with Crippen molar-refractivity contribution in [2.45, 2.75) is 11.3 Å². The summed E-state index contributed by atoms with van der Waals surface area (Å²) in [5, 5.41) is 9.36. The second kappa shape index (κ2) is 10.5. The van der Waals surface area contributed by atoms with Gasteiger partial charge in [-0.2, -0.15) is 0 Å². The molecule has 4 rings (SSSR count). The van der Waals surface area contributed by atoms with Crippen molar-refractivity contribution in [1.82, 2.24) is 9.55 Å². The molecule has 152 valence electrons. The van der Waals surface area contributed by atoms with Gasteiger partial charge in [-0.25, -0.2) is 9.78 Å². The van der Waals surface area contributed by atoms with Gasteiger partial charge in [0.15, 0.2) is 0 Å². The van der Waals surface area contributed by atoms with Crippen molar-refractivity contribution in [3.8, 4) is 0 Å². The molecule has 31 heavy (non-hydrogen) atoms. The number of aromatic nitrogens is 2. The topological polar surface area (TPSA) is 55.1 Å². The summed E-state index contributed by atoms with van der Waals surface area (Å²) in [6.07, 6.45) is 3.26. The quantitative estimate of drug-likeness (QED) is 0.350. The van der Waals surface area contributed by atoms with E-state index in [2.05, 4.69) is 77.8 Å². The molecule has 6 heteroatoms. The van der Waals surface area contributed by atoms with Gasteiger partial charge in [-0.05, 0) is 16.7 Å². The predicted octanol–water partition coefficient (Wildman–Crippen LogP) is 2.42. The SMILES string of the molecule is O=C(O)c1nccn1CCSC(c1ccccc1)(c1ccccc1)c1ccccc1.[H-].[Li+]. The third-order valence-corrected chi connectivity index (χ3v) is 6.63. The van der Waals surface area contributed by atoms with Gasteiger partial charge in [-0.1, -0.05) is 91.0 Å². The number of hydrogen-bond acceptors (Lipinski definition) is 3. The van der Waals surface area contributed by atoms with Gasteiger partial charge >= 0.3 is 24.8 Å². The third-order valence-electron chi connectivity index (χ3n) is 5.10. The minimum atomic E-state index is -1.01. The Morgan fingerprint density at radius 3 is 1.74 bits per heavy atom. The molecule has 0 saturated heterocycles. The van der Waals surface area contributed by atoms with Gasteiger partial charge in [0.2, 0.25) is 5.82 Å². The van der Waals surface area contributed by atoms with Gasteiger partial charge in [0.1, 0.15) is 0 Å². The minimum absolute atomic E-state index is 0. The monoisotopic (exact) mass is 422 g/mol. The molecular weight excluding hydrogens is 399 g/mol. The van der Waals surface area contributed by atoms with Crippen LogP contribution in [0.3, 0.4) is 0 Å². The molecule has 0 unspecified atom stereocenters. The van der Waals surface area contributed by atoms with Crippen molar-refractivity contribution in [2.24, 2.45) is 0 Å². The second-order valence-electron chi connectivity index (χ2n) is 6.88. The van der Waals surface area contributed by atoms with E-state index in [-0.39, 0.29) is 26.1 Å². The zero-order valence-electron chi connectivity index (χ0n) is 18.4. The smallest absolute Gasteiger partial charge is 1.00 e. The van der Waals surface area contributed by atoms with Crippen LogP contribution in [0.15, 0.2) is 103 Å². The number of carboxylic acids is 1. The number of benzene rings is 3. The Morgan fingerprint density at radius 1 is 0.871 bits per heavy atom. The molecular formula is C25H23LiN2O2S. The first-order valence-electron chi connectivity index (χ1n) is 9.77. The fourth-order valence-electron chi connectivity index (χ4n) is 3.75. The Kier molecular flexibility index (Phi) is 7.81. The average molecular weight is 422 g/mol. The fraction of sp³-hybridized carbons (Fsp3) is 0.120. The van der Waals surface area contributed by atoms with Crippen molar-refractivity contribution in [1.29, 1.82) is 0 Å². The zero-order chi connectivity index (χ0) is 20.8. The molecule has 0 bridgehead atoms. The summed E-state index contributed by atoms with van der Waals surface area (Å²) in [6.45, 7) is 0.556. The van der Waals surface area contributed by atoms with Crippen molar-refractivity contribution in [2.75, 3.05) is 5.75 Å². The van der Waals surface area contributed by atoms with Gasteiger partial charge in [0.05, 0.1) is 4.75 Å². The first-order chi connectivity index (χ1) is 14.7. The maximum Gasteiger partial charge on any atom is 1.00 e. The van der Waals surface area contributed by atoms with E-state index >= 15 is 0 Å². The van der Waals surface area contributed by atoms with Crippen LogP contribution in [0.5, 0.6) is 0 Å². The van der Waals surface area contributed by atoms with Crippen LogP contribution in [0, 0.1) is 0 Å². The molecule has 1 heterocycles. The van der Waals surface area contributed by atoms with Gasteiger partial charge < -0.3 is 11.1 Å². The summed E-state index contributed by atoms with van der Waals surface area (Å²) < 4.78 is 1.29. The van der Waals surface area contributed by atoms with E-state index in [0.29, 0.717) is 6.54 Å². The molecule has 0 aliphatic heterocycles. The van der Waals surface area contributed by atoms with E-state index in [1.54, 1.807) is 22.5 Å². The predicted molar refractivity (Wildman–Crippen MR) is 122 cm³/mol. The Balaban J connectivity index is 0.00000181. The maximum absolute atomic E-state index is 11.4. The number of hydrogen-bond donors (Lipinski definition) is 1.